The van der Waals surface area contributed by atoms with E-state index in [-0.39, 0.29) is 0 Å². The lowest BCUT2D eigenvalue weighted by atomic mass is 9.99. The summed E-state index contributed by atoms with van der Waals surface area (Å²) in [5.41, 5.74) is 5.07. The fraction of sp³-hybridized carbons (Fsp3) is 0. The molecule has 6 heteroatoms. The van der Waals surface area contributed by atoms with Crippen LogP contribution < -0.4 is 0 Å². The van der Waals surface area contributed by atoms with Crippen molar-refractivity contribution in [3.63, 3.8) is 0 Å². The van der Waals surface area contributed by atoms with E-state index in [1.165, 1.54) is 29.6 Å². The molecule has 0 saturated heterocycles. The molecule has 4 nitrogen and oxygen atoms in total. The predicted octanol–water partition coefficient (Wildman–Crippen LogP) is 10.3. The van der Waals surface area contributed by atoms with Crippen LogP contribution in [0.5, 0.6) is 0 Å². The molecule has 8 rings (SSSR count). The first kappa shape index (κ1) is 24.7. The van der Waals surface area contributed by atoms with E-state index < -0.39 is 11.9 Å². The number of benzene rings is 6. The number of hydrogen-bond acceptors (Lipinski definition) is 4. The van der Waals surface area contributed by atoms with Gasteiger partial charge in [0, 0.05) is 20.2 Å². The summed E-state index contributed by atoms with van der Waals surface area (Å²) in [6, 6.07) is 36.1. The van der Waals surface area contributed by atoms with Crippen LogP contribution in [0, 0.1) is 0 Å². The van der Waals surface area contributed by atoms with Crippen molar-refractivity contribution in [1.29, 1.82) is 0 Å². The predicted molar refractivity (Wildman–Crippen MR) is 175 cm³/mol. The van der Waals surface area contributed by atoms with Crippen LogP contribution in [-0.2, 0) is 0 Å². The van der Waals surface area contributed by atoms with Crippen molar-refractivity contribution in [3.8, 4) is 22.3 Å². The molecule has 0 aliphatic heterocycles. The molecule has 0 aliphatic rings. The zero-order chi connectivity index (χ0) is 28.5. The van der Waals surface area contributed by atoms with Crippen molar-refractivity contribution in [1.82, 2.24) is 0 Å². The lowest BCUT2D eigenvalue weighted by Gasteiger charge is -2.06. The summed E-state index contributed by atoms with van der Waals surface area (Å²) >= 11 is 3.64. The summed E-state index contributed by atoms with van der Waals surface area (Å²) < 4.78 is 5.09. The van der Waals surface area contributed by atoms with Gasteiger partial charge in [0.05, 0.1) is 20.5 Å². The van der Waals surface area contributed by atoms with Crippen molar-refractivity contribution < 1.29 is 19.8 Å². The minimum Gasteiger partial charge on any atom is -0.478 e. The average Bonchev–Trinajstić information content (AvgIpc) is 3.55. The maximum Gasteiger partial charge on any atom is 0.335 e. The van der Waals surface area contributed by atoms with Gasteiger partial charge in [0.1, 0.15) is 0 Å². The molecule has 0 atom stereocenters. The van der Waals surface area contributed by atoms with Crippen LogP contribution in [-0.4, -0.2) is 22.2 Å². The lowest BCUT2D eigenvalue weighted by Crippen LogP contribution is -1.95. The van der Waals surface area contributed by atoms with Crippen LogP contribution in [0.15, 0.2) is 109 Å². The third-order valence-electron chi connectivity index (χ3n) is 7.92. The summed E-state index contributed by atoms with van der Waals surface area (Å²) in [4.78, 5) is 22.7. The zero-order valence-electron chi connectivity index (χ0n) is 21.9. The molecule has 0 spiro atoms. The first-order valence-electron chi connectivity index (χ1n) is 13.4. The van der Waals surface area contributed by atoms with E-state index in [1.807, 2.05) is 46.9 Å². The highest BCUT2D eigenvalue weighted by molar-refractivity contribution is 7.36. The van der Waals surface area contributed by atoms with E-state index in [0.29, 0.717) is 11.1 Å². The number of thiophene rings is 2. The van der Waals surface area contributed by atoms with Gasteiger partial charge >= 0.3 is 11.9 Å². The van der Waals surface area contributed by atoms with Crippen LogP contribution in [0.25, 0.3) is 73.4 Å². The van der Waals surface area contributed by atoms with Crippen LogP contribution in [0.1, 0.15) is 20.7 Å². The number of rotatable bonds is 4. The first-order valence-corrected chi connectivity index (χ1v) is 15.0. The van der Waals surface area contributed by atoms with Gasteiger partial charge in [0.15, 0.2) is 0 Å². The van der Waals surface area contributed by atoms with Gasteiger partial charge in [-0.05, 0) is 92.3 Å². The Labute approximate surface area is 247 Å². The van der Waals surface area contributed by atoms with Crippen LogP contribution >= 0.6 is 22.7 Å². The number of carboxylic acid groups (broad SMARTS) is 2. The zero-order valence-corrected chi connectivity index (χ0v) is 23.6. The van der Waals surface area contributed by atoms with Gasteiger partial charge in [-0.2, -0.15) is 0 Å². The minimum atomic E-state index is -0.917. The molecule has 0 aliphatic carbocycles. The third-order valence-corrected chi connectivity index (χ3v) is 10.4. The minimum absolute atomic E-state index is 0.294. The molecule has 0 bridgehead atoms. The monoisotopic (exact) mass is 580 g/mol. The lowest BCUT2D eigenvalue weighted by molar-refractivity contribution is 0.0686. The topological polar surface area (TPSA) is 74.6 Å². The second kappa shape index (κ2) is 9.24. The normalized spacial score (nSPS) is 11.7. The standard InChI is InChI=1S/C36H20O4S2/c37-35(38)27-7-5-19-13-21(1-3-23(19)15-27)25-9-11-29-31(17-25)41-34-30-12-10-26(18-32(30)42-33(29)34)22-2-4-24-16-28(36(39)40)8-6-20(24)14-22/h1-18H,(H,37,38)(H,39,40). The Morgan fingerprint density at radius 3 is 1.21 bits per heavy atom. The largest absolute Gasteiger partial charge is 0.478 e. The summed E-state index contributed by atoms with van der Waals surface area (Å²) in [6.07, 6.45) is 0. The Bertz CT molecular complexity index is 2260. The Kier molecular flexibility index (Phi) is 5.44. The molecular weight excluding hydrogens is 561 g/mol. The summed E-state index contributed by atoms with van der Waals surface area (Å²) in [5.74, 6) is -1.83. The molecule has 0 amide bonds. The van der Waals surface area contributed by atoms with Crippen LogP contribution in [0.3, 0.4) is 0 Å². The van der Waals surface area contributed by atoms with Gasteiger partial charge in [-0.25, -0.2) is 9.59 Å². The molecule has 0 radical (unpaired) electrons. The quantitative estimate of drug-likeness (QED) is 0.217. The fourth-order valence-electron chi connectivity index (χ4n) is 5.73. The number of hydrogen-bond donors (Lipinski definition) is 2. The maximum atomic E-state index is 11.3. The van der Waals surface area contributed by atoms with E-state index in [4.69, 9.17) is 0 Å². The Morgan fingerprint density at radius 2 is 0.786 bits per heavy atom. The van der Waals surface area contributed by atoms with Crippen molar-refractivity contribution in [3.05, 3.63) is 120 Å². The molecule has 42 heavy (non-hydrogen) atoms. The van der Waals surface area contributed by atoms with Crippen molar-refractivity contribution in [2.75, 3.05) is 0 Å². The number of carbonyl (C=O) groups is 2. The van der Waals surface area contributed by atoms with E-state index in [1.54, 1.807) is 24.3 Å². The van der Waals surface area contributed by atoms with E-state index in [0.717, 1.165) is 43.8 Å². The van der Waals surface area contributed by atoms with Gasteiger partial charge in [0.25, 0.3) is 0 Å². The number of aromatic carboxylic acids is 2. The summed E-state index contributed by atoms with van der Waals surface area (Å²) in [6.45, 7) is 0. The van der Waals surface area contributed by atoms with E-state index >= 15 is 0 Å². The fourth-order valence-corrected chi connectivity index (χ4v) is 8.46. The Morgan fingerprint density at radius 1 is 0.429 bits per heavy atom. The molecule has 0 fully saturated rings. The molecule has 2 heterocycles. The number of fused-ring (bicyclic) bond motifs is 7. The highest BCUT2D eigenvalue weighted by Crippen LogP contribution is 2.46. The molecule has 200 valence electrons. The molecule has 2 N–H and O–H groups in total. The van der Waals surface area contributed by atoms with Crippen molar-refractivity contribution >= 4 is 85.7 Å². The second-order valence-corrected chi connectivity index (χ2v) is 12.6. The van der Waals surface area contributed by atoms with Crippen molar-refractivity contribution in [2.24, 2.45) is 0 Å². The van der Waals surface area contributed by atoms with Crippen LogP contribution in [0.4, 0.5) is 0 Å². The second-order valence-electron chi connectivity index (χ2n) is 10.4. The number of carboxylic acids is 2. The Balaban J connectivity index is 1.16. The van der Waals surface area contributed by atoms with Gasteiger partial charge in [-0.15, -0.1) is 22.7 Å². The maximum absolute atomic E-state index is 11.3. The molecule has 6 aromatic carbocycles. The van der Waals surface area contributed by atoms with Crippen LogP contribution in [0.2, 0.25) is 0 Å². The van der Waals surface area contributed by atoms with Gasteiger partial charge < -0.3 is 10.2 Å². The summed E-state index contributed by atoms with van der Waals surface area (Å²) in [5, 5.41) is 25.0. The molecule has 0 unspecified atom stereocenters. The smallest absolute Gasteiger partial charge is 0.335 e. The van der Waals surface area contributed by atoms with Gasteiger partial charge in [-0.1, -0.05) is 60.7 Å². The van der Waals surface area contributed by atoms with Gasteiger partial charge in [-0.3, -0.25) is 0 Å². The average molecular weight is 581 g/mol. The third kappa shape index (κ3) is 3.96. The molecular formula is C36H20O4S2. The highest BCUT2D eigenvalue weighted by Gasteiger charge is 2.14. The van der Waals surface area contributed by atoms with Crippen molar-refractivity contribution in [2.45, 2.75) is 0 Å². The SMILES string of the molecule is O=C(O)c1ccc2cc(-c3ccc4c(c3)sc3c5ccc(-c6ccc7cc(C(=O)O)ccc7c6)cc5sc43)ccc2c1. The molecule has 8 aromatic rings. The molecule has 0 saturated carbocycles. The Hall–Kier alpha value is -5.04. The summed E-state index contributed by atoms with van der Waals surface area (Å²) in [7, 11) is 0. The van der Waals surface area contributed by atoms with E-state index in [2.05, 4.69) is 60.7 Å². The van der Waals surface area contributed by atoms with E-state index in [9.17, 15) is 19.8 Å². The highest BCUT2D eigenvalue weighted by atomic mass is 32.1. The molecule has 2 aromatic heterocycles. The van der Waals surface area contributed by atoms with Gasteiger partial charge in [0.2, 0.25) is 0 Å². The first-order chi connectivity index (χ1) is 20.4.